The lowest BCUT2D eigenvalue weighted by Crippen LogP contribution is -2.41. The highest BCUT2D eigenvalue weighted by Crippen LogP contribution is 2.48. The van der Waals surface area contributed by atoms with E-state index in [4.69, 9.17) is 4.74 Å². The number of rotatable bonds is 4. The first-order valence-electron chi connectivity index (χ1n) is 6.57. The summed E-state index contributed by atoms with van der Waals surface area (Å²) in [7, 11) is 0. The Morgan fingerprint density at radius 3 is 2.56 bits per heavy atom. The molecular weight excluding hydrogens is 245 g/mol. The standard InChI is InChI=1S/C13H21F3O2/c1-3-10-6-5-7-12(8-10,9-13(14,15)16)11(17)18-4-2/h10H,3-9H2,1-2H3. The van der Waals surface area contributed by atoms with Crippen LogP contribution in [0.4, 0.5) is 13.2 Å². The molecule has 1 rings (SSSR count). The summed E-state index contributed by atoms with van der Waals surface area (Å²) >= 11 is 0. The number of esters is 1. The lowest BCUT2D eigenvalue weighted by Gasteiger charge is -2.39. The van der Waals surface area contributed by atoms with Gasteiger partial charge in [-0.25, -0.2) is 0 Å². The van der Waals surface area contributed by atoms with E-state index >= 15 is 0 Å². The molecule has 1 fully saturated rings. The van der Waals surface area contributed by atoms with Crippen LogP contribution in [0.2, 0.25) is 0 Å². The zero-order chi connectivity index (χ0) is 13.8. The molecule has 0 N–H and O–H groups in total. The summed E-state index contributed by atoms with van der Waals surface area (Å²) < 4.78 is 43.0. The highest BCUT2D eigenvalue weighted by atomic mass is 19.4. The molecule has 0 amide bonds. The summed E-state index contributed by atoms with van der Waals surface area (Å²) in [5.41, 5.74) is -1.34. The van der Waals surface area contributed by atoms with Crippen molar-refractivity contribution in [3.05, 3.63) is 0 Å². The minimum absolute atomic E-state index is 0.134. The Hall–Kier alpha value is -0.740. The molecule has 5 heteroatoms. The molecule has 1 aliphatic rings. The van der Waals surface area contributed by atoms with Crippen molar-refractivity contribution in [2.75, 3.05) is 6.61 Å². The van der Waals surface area contributed by atoms with E-state index in [2.05, 4.69) is 0 Å². The molecule has 1 saturated carbocycles. The SMILES string of the molecule is CCOC(=O)C1(CC(F)(F)F)CCCC(CC)C1. The summed E-state index contributed by atoms with van der Waals surface area (Å²) in [5, 5.41) is 0. The van der Waals surface area contributed by atoms with Crippen LogP contribution in [0.5, 0.6) is 0 Å². The van der Waals surface area contributed by atoms with Gasteiger partial charge in [-0.05, 0) is 25.7 Å². The molecule has 0 saturated heterocycles. The number of ether oxygens (including phenoxy) is 1. The Morgan fingerprint density at radius 1 is 1.39 bits per heavy atom. The normalized spacial score (nSPS) is 29.1. The average molecular weight is 266 g/mol. The molecule has 18 heavy (non-hydrogen) atoms. The van der Waals surface area contributed by atoms with Gasteiger partial charge in [-0.2, -0.15) is 13.2 Å². The summed E-state index contributed by atoms with van der Waals surface area (Å²) in [5.74, 6) is -0.467. The van der Waals surface area contributed by atoms with Gasteiger partial charge in [0.15, 0.2) is 0 Å². The van der Waals surface area contributed by atoms with Crippen LogP contribution < -0.4 is 0 Å². The van der Waals surface area contributed by atoms with Crippen molar-refractivity contribution in [1.82, 2.24) is 0 Å². The first-order valence-corrected chi connectivity index (χ1v) is 6.57. The second-order valence-electron chi connectivity index (χ2n) is 5.16. The molecule has 2 atom stereocenters. The van der Waals surface area contributed by atoms with E-state index in [9.17, 15) is 18.0 Å². The largest absolute Gasteiger partial charge is 0.466 e. The van der Waals surface area contributed by atoms with Crippen molar-refractivity contribution >= 4 is 5.97 Å². The maximum absolute atomic E-state index is 12.7. The third kappa shape index (κ3) is 3.89. The molecule has 2 nitrogen and oxygen atoms in total. The number of carbonyl (C=O) groups is 1. The topological polar surface area (TPSA) is 26.3 Å². The maximum Gasteiger partial charge on any atom is 0.390 e. The van der Waals surface area contributed by atoms with Crippen molar-refractivity contribution in [2.24, 2.45) is 11.3 Å². The Bertz CT molecular complexity index is 288. The Balaban J connectivity index is 2.89. The summed E-state index contributed by atoms with van der Waals surface area (Å²) in [6.45, 7) is 3.72. The van der Waals surface area contributed by atoms with E-state index in [0.29, 0.717) is 19.3 Å². The molecule has 0 spiro atoms. The van der Waals surface area contributed by atoms with Crippen molar-refractivity contribution in [3.8, 4) is 0 Å². The van der Waals surface area contributed by atoms with E-state index in [1.54, 1.807) is 6.92 Å². The molecule has 0 heterocycles. The number of carbonyl (C=O) groups excluding carboxylic acids is 1. The van der Waals surface area contributed by atoms with E-state index in [1.165, 1.54) is 0 Å². The van der Waals surface area contributed by atoms with Gasteiger partial charge in [0.2, 0.25) is 0 Å². The van der Waals surface area contributed by atoms with Gasteiger partial charge in [-0.3, -0.25) is 4.79 Å². The average Bonchev–Trinajstić information content (AvgIpc) is 2.27. The minimum Gasteiger partial charge on any atom is -0.466 e. The van der Waals surface area contributed by atoms with Gasteiger partial charge in [0.25, 0.3) is 0 Å². The van der Waals surface area contributed by atoms with Gasteiger partial charge in [-0.1, -0.05) is 26.2 Å². The minimum atomic E-state index is -4.32. The molecule has 0 radical (unpaired) electrons. The van der Waals surface area contributed by atoms with Crippen LogP contribution in [-0.4, -0.2) is 18.8 Å². The zero-order valence-corrected chi connectivity index (χ0v) is 11.0. The first-order chi connectivity index (χ1) is 8.33. The Kier molecular flexibility index (Phi) is 5.05. The molecule has 0 bridgehead atoms. The fourth-order valence-corrected chi connectivity index (χ4v) is 2.92. The summed E-state index contributed by atoms with van der Waals surface area (Å²) in [6.07, 6.45) is -2.36. The number of hydrogen-bond donors (Lipinski definition) is 0. The van der Waals surface area contributed by atoms with Gasteiger partial charge < -0.3 is 4.74 Å². The zero-order valence-electron chi connectivity index (χ0n) is 11.0. The molecule has 1 aliphatic carbocycles. The smallest absolute Gasteiger partial charge is 0.390 e. The van der Waals surface area contributed by atoms with Gasteiger partial charge in [-0.15, -0.1) is 0 Å². The first kappa shape index (κ1) is 15.3. The Morgan fingerprint density at radius 2 is 2.06 bits per heavy atom. The summed E-state index contributed by atoms with van der Waals surface area (Å²) in [6, 6.07) is 0. The Labute approximate surface area is 106 Å². The molecular formula is C13H21F3O2. The third-order valence-electron chi connectivity index (χ3n) is 3.77. The van der Waals surface area contributed by atoms with Gasteiger partial charge in [0, 0.05) is 0 Å². The van der Waals surface area contributed by atoms with Crippen LogP contribution in [0, 0.1) is 11.3 Å². The molecule has 0 aromatic rings. The quantitative estimate of drug-likeness (QED) is 0.716. The van der Waals surface area contributed by atoms with E-state index < -0.39 is 24.0 Å². The van der Waals surface area contributed by atoms with Crippen molar-refractivity contribution in [2.45, 2.75) is 58.5 Å². The van der Waals surface area contributed by atoms with Crippen molar-refractivity contribution in [3.63, 3.8) is 0 Å². The van der Waals surface area contributed by atoms with Crippen molar-refractivity contribution < 1.29 is 22.7 Å². The second-order valence-corrected chi connectivity index (χ2v) is 5.16. The molecule has 0 aliphatic heterocycles. The highest BCUT2D eigenvalue weighted by molar-refractivity contribution is 5.77. The van der Waals surface area contributed by atoms with E-state index in [-0.39, 0.29) is 12.5 Å². The van der Waals surface area contributed by atoms with Crippen LogP contribution >= 0.6 is 0 Å². The molecule has 0 aromatic heterocycles. The highest BCUT2D eigenvalue weighted by Gasteiger charge is 2.50. The van der Waals surface area contributed by atoms with Crippen LogP contribution in [0.3, 0.4) is 0 Å². The monoisotopic (exact) mass is 266 g/mol. The fourth-order valence-electron chi connectivity index (χ4n) is 2.92. The fraction of sp³-hybridized carbons (Fsp3) is 0.923. The van der Waals surface area contributed by atoms with Crippen LogP contribution in [0.15, 0.2) is 0 Å². The second kappa shape index (κ2) is 5.93. The maximum atomic E-state index is 12.7. The van der Waals surface area contributed by atoms with Gasteiger partial charge >= 0.3 is 12.1 Å². The van der Waals surface area contributed by atoms with E-state index in [0.717, 1.165) is 12.8 Å². The molecule has 0 aromatic carbocycles. The third-order valence-corrected chi connectivity index (χ3v) is 3.77. The lowest BCUT2D eigenvalue weighted by atomic mass is 9.67. The van der Waals surface area contributed by atoms with Crippen LogP contribution in [0.25, 0.3) is 0 Å². The number of alkyl halides is 3. The molecule has 106 valence electrons. The van der Waals surface area contributed by atoms with Crippen LogP contribution in [-0.2, 0) is 9.53 Å². The van der Waals surface area contributed by atoms with Gasteiger partial charge in [0.05, 0.1) is 18.4 Å². The predicted molar refractivity (Wildman–Crippen MR) is 62.0 cm³/mol. The molecule has 2 unspecified atom stereocenters. The van der Waals surface area contributed by atoms with Crippen molar-refractivity contribution in [1.29, 1.82) is 0 Å². The van der Waals surface area contributed by atoms with E-state index in [1.807, 2.05) is 6.92 Å². The number of halogens is 3. The van der Waals surface area contributed by atoms with Gasteiger partial charge in [0.1, 0.15) is 0 Å². The predicted octanol–water partition coefficient (Wildman–Crippen LogP) is 4.09. The summed E-state index contributed by atoms with van der Waals surface area (Å²) in [4.78, 5) is 11.9. The van der Waals surface area contributed by atoms with Crippen LogP contribution in [0.1, 0.15) is 52.4 Å². The lowest BCUT2D eigenvalue weighted by molar-refractivity contribution is -0.188. The number of hydrogen-bond acceptors (Lipinski definition) is 2.